The maximum absolute atomic E-state index is 13.1. The maximum atomic E-state index is 13.1. The highest BCUT2D eigenvalue weighted by molar-refractivity contribution is 5.87. The topological polar surface area (TPSA) is 312 Å². The van der Waals surface area contributed by atoms with Crippen molar-refractivity contribution in [2.75, 3.05) is 6.61 Å². The third kappa shape index (κ3) is 13.4. The molecule has 0 bridgehead atoms. The van der Waals surface area contributed by atoms with Gasteiger partial charge in [0.2, 0.25) is 11.8 Å². The van der Waals surface area contributed by atoms with Gasteiger partial charge in [0.05, 0.1) is 18.8 Å². The average Bonchev–Trinajstić information content (AvgIpc) is 3.48. The Labute approximate surface area is 342 Å². The van der Waals surface area contributed by atoms with Crippen LogP contribution in [0.5, 0.6) is 0 Å². The lowest BCUT2D eigenvalue weighted by molar-refractivity contribution is -0.345. The van der Waals surface area contributed by atoms with E-state index in [9.17, 15) is 60.0 Å². The second-order valence-electron chi connectivity index (χ2n) is 16.1. The first-order valence-corrected chi connectivity index (χ1v) is 20.6. The Bertz CT molecular complexity index is 1610. The van der Waals surface area contributed by atoms with Gasteiger partial charge in [0.1, 0.15) is 60.9 Å². The van der Waals surface area contributed by atoms with Gasteiger partial charge < -0.3 is 70.4 Å². The Hall–Kier alpha value is -3.12. The molecule has 2 amide bonds. The van der Waals surface area contributed by atoms with Crippen LogP contribution in [0.2, 0.25) is 0 Å². The quantitative estimate of drug-likeness (QED) is 0.0467. The third-order valence-electron chi connectivity index (χ3n) is 11.0. The number of carbonyl (C=O) groups excluding carboxylic acids is 2. The van der Waals surface area contributed by atoms with Crippen molar-refractivity contribution in [1.82, 2.24) is 20.2 Å². The van der Waals surface area contributed by atoms with Gasteiger partial charge in [-0.1, -0.05) is 64.9 Å². The van der Waals surface area contributed by atoms with E-state index in [0.29, 0.717) is 12.3 Å². The van der Waals surface area contributed by atoms with Crippen LogP contribution in [0, 0.1) is 5.92 Å². The predicted octanol–water partition coefficient (Wildman–Crippen LogP) is -2.09. The summed E-state index contributed by atoms with van der Waals surface area (Å²) in [5.41, 5.74) is -1.63. The van der Waals surface area contributed by atoms with Crippen molar-refractivity contribution < 1.29 is 69.4 Å². The van der Waals surface area contributed by atoms with Crippen LogP contribution in [-0.4, -0.2) is 155 Å². The van der Waals surface area contributed by atoms with Gasteiger partial charge in [0.25, 0.3) is 5.56 Å². The molecule has 4 rings (SSSR count). The Morgan fingerprint density at radius 3 is 2.02 bits per heavy atom. The van der Waals surface area contributed by atoms with Gasteiger partial charge in [0.15, 0.2) is 18.8 Å². The number of amides is 2. The zero-order valence-electron chi connectivity index (χ0n) is 33.8. The summed E-state index contributed by atoms with van der Waals surface area (Å²) in [6.45, 7) is 4.83. The average molecular weight is 845 g/mol. The molecular weight excluding hydrogens is 780 g/mol. The molecule has 3 saturated heterocycles. The summed E-state index contributed by atoms with van der Waals surface area (Å²) in [7, 11) is 0. The normalized spacial score (nSPS) is 34.3. The number of nitrogens with zero attached hydrogens (tertiary/aromatic N) is 1. The highest BCUT2D eigenvalue weighted by atomic mass is 16.8. The Balaban J connectivity index is 1.43. The number of hydrogen-bond acceptors (Lipinski definition) is 16. The van der Waals surface area contributed by atoms with Gasteiger partial charge in [-0.3, -0.25) is 23.9 Å². The number of aliphatic hydroxyl groups is 8. The van der Waals surface area contributed by atoms with E-state index in [1.807, 2.05) is 4.98 Å². The molecule has 11 N–H and O–H groups in total. The monoisotopic (exact) mass is 844 g/mol. The summed E-state index contributed by atoms with van der Waals surface area (Å²) < 4.78 is 24.2. The first-order chi connectivity index (χ1) is 28.0. The van der Waals surface area contributed by atoms with Crippen LogP contribution in [0.3, 0.4) is 0 Å². The SMILES string of the molecule is CC(=O)N[C@@H]1C(O)C(O)[C@@H](CO)O[C@H]1OC1O[C@H](CC[C@@H](O)[C@H]2O[C@@H](n3ccc(=O)[nH]c3=O)C(O)C2O)[C@@H](O)C(O)[C@H]1NC(=O)/C=C/CCCCCCCCCC(C)C. The predicted molar refractivity (Wildman–Crippen MR) is 207 cm³/mol. The van der Waals surface area contributed by atoms with Gasteiger partial charge >= 0.3 is 5.69 Å². The van der Waals surface area contributed by atoms with E-state index in [1.54, 1.807) is 6.08 Å². The molecule has 15 atom stereocenters. The van der Waals surface area contributed by atoms with Crippen LogP contribution in [-0.2, 0) is 28.5 Å². The molecule has 3 fully saturated rings. The molecule has 0 aromatic carbocycles. The molecule has 1 aromatic heterocycles. The molecule has 20 heteroatoms. The molecule has 3 aliphatic heterocycles. The zero-order chi connectivity index (χ0) is 43.4. The van der Waals surface area contributed by atoms with Crippen molar-refractivity contribution in [2.24, 2.45) is 5.92 Å². The van der Waals surface area contributed by atoms with Gasteiger partial charge in [-0.15, -0.1) is 0 Å². The summed E-state index contributed by atoms with van der Waals surface area (Å²) in [6.07, 6.45) is -7.60. The number of rotatable bonds is 21. The second-order valence-corrected chi connectivity index (χ2v) is 16.1. The van der Waals surface area contributed by atoms with Gasteiger partial charge in [-0.05, 0) is 37.7 Å². The number of hydrogen-bond donors (Lipinski definition) is 11. The summed E-state index contributed by atoms with van der Waals surface area (Å²) in [5, 5.41) is 91.1. The van der Waals surface area contributed by atoms with E-state index in [2.05, 4.69) is 24.5 Å². The van der Waals surface area contributed by atoms with Crippen molar-refractivity contribution in [2.45, 2.75) is 183 Å². The number of allylic oxidation sites excluding steroid dienone is 1. The first kappa shape index (κ1) is 48.5. The molecule has 59 heavy (non-hydrogen) atoms. The molecule has 1 aromatic rings. The molecule has 3 aliphatic rings. The molecule has 4 heterocycles. The molecule has 0 aliphatic carbocycles. The van der Waals surface area contributed by atoms with E-state index in [4.69, 9.17) is 18.9 Å². The number of carbonyl (C=O) groups is 2. The van der Waals surface area contributed by atoms with Crippen LogP contribution < -0.4 is 21.9 Å². The summed E-state index contributed by atoms with van der Waals surface area (Å²) in [6, 6.07) is -1.90. The van der Waals surface area contributed by atoms with Crippen LogP contribution in [0.15, 0.2) is 34.0 Å². The van der Waals surface area contributed by atoms with Crippen molar-refractivity contribution in [3.05, 3.63) is 45.3 Å². The first-order valence-electron chi connectivity index (χ1n) is 20.6. The molecule has 0 saturated carbocycles. The van der Waals surface area contributed by atoms with Crippen LogP contribution in [0.4, 0.5) is 0 Å². The Morgan fingerprint density at radius 2 is 1.41 bits per heavy atom. The minimum Gasteiger partial charge on any atom is -0.394 e. The summed E-state index contributed by atoms with van der Waals surface area (Å²) in [4.78, 5) is 51.0. The number of ether oxygens (including phenoxy) is 4. The molecule has 20 nitrogen and oxygen atoms in total. The van der Waals surface area contributed by atoms with Crippen LogP contribution in [0.25, 0.3) is 0 Å². The van der Waals surface area contributed by atoms with Gasteiger partial charge in [-0.25, -0.2) is 4.79 Å². The molecule has 6 unspecified atom stereocenters. The van der Waals surface area contributed by atoms with E-state index in [-0.39, 0.29) is 12.8 Å². The second kappa shape index (κ2) is 23.2. The fourth-order valence-electron chi connectivity index (χ4n) is 7.62. The van der Waals surface area contributed by atoms with Crippen molar-refractivity contribution >= 4 is 11.8 Å². The fourth-order valence-corrected chi connectivity index (χ4v) is 7.62. The molecular formula is C39H64N4O16. The Morgan fingerprint density at radius 1 is 0.814 bits per heavy atom. The summed E-state index contributed by atoms with van der Waals surface area (Å²) in [5.74, 6) is -0.589. The minimum atomic E-state index is -1.77. The minimum absolute atomic E-state index is 0.245. The Kier molecular flexibility index (Phi) is 19.1. The van der Waals surface area contributed by atoms with Crippen molar-refractivity contribution in [3.63, 3.8) is 0 Å². The smallest absolute Gasteiger partial charge is 0.330 e. The van der Waals surface area contributed by atoms with E-state index < -0.39 is 122 Å². The molecule has 336 valence electrons. The number of aromatic amines is 1. The van der Waals surface area contributed by atoms with E-state index >= 15 is 0 Å². The largest absolute Gasteiger partial charge is 0.394 e. The number of aromatic nitrogens is 2. The van der Waals surface area contributed by atoms with E-state index in [0.717, 1.165) is 49.4 Å². The lowest BCUT2D eigenvalue weighted by atomic mass is 9.91. The summed E-state index contributed by atoms with van der Waals surface area (Å²) >= 11 is 0. The lowest BCUT2D eigenvalue weighted by Crippen LogP contribution is -2.68. The maximum Gasteiger partial charge on any atom is 0.330 e. The van der Waals surface area contributed by atoms with Gasteiger partial charge in [-0.2, -0.15) is 0 Å². The third-order valence-corrected chi connectivity index (χ3v) is 11.0. The zero-order valence-corrected chi connectivity index (χ0v) is 33.8. The lowest BCUT2D eigenvalue weighted by Gasteiger charge is -2.47. The number of nitrogens with one attached hydrogen (secondary N) is 3. The highest BCUT2D eigenvalue weighted by Crippen LogP contribution is 2.34. The van der Waals surface area contributed by atoms with Crippen molar-refractivity contribution in [3.8, 4) is 0 Å². The number of unbranched alkanes of at least 4 members (excludes halogenated alkanes) is 7. The highest BCUT2D eigenvalue weighted by Gasteiger charge is 2.52. The van der Waals surface area contributed by atoms with Gasteiger partial charge in [0, 0.05) is 19.2 Å². The molecule has 0 radical (unpaired) electrons. The van der Waals surface area contributed by atoms with Crippen LogP contribution >= 0.6 is 0 Å². The fraction of sp³-hybridized carbons (Fsp3) is 0.795. The van der Waals surface area contributed by atoms with E-state index in [1.165, 1.54) is 31.8 Å². The van der Waals surface area contributed by atoms with Crippen LogP contribution in [0.1, 0.15) is 97.6 Å². The number of aliphatic hydroxyl groups excluding tert-OH is 8. The number of H-pyrrole nitrogens is 1. The standard InChI is InChI=1S/C39H64N4O16/c1-20(2)13-11-9-7-5-4-6-8-10-12-14-25(47)41-28-32(52)29(49)23(56-38(28)59-37-27(40-21(3)45)31(51)30(50)24(19-44)57-37)16-15-22(46)35-33(53)34(54)36(58-35)43-18-17-26(48)42-39(43)55/h12,14,17-18,20,22-24,27-38,44,46,49-54H,4-11,13,15-16,19H2,1-3H3,(H,40,45)(H,41,47)(H,42,48,55)/b14-12+/t22-,23-,24-,27-,28-,29-,30?,31?,32?,33?,34?,35-,36-,37+,38?/m1/s1. The van der Waals surface area contributed by atoms with Crippen molar-refractivity contribution in [1.29, 1.82) is 0 Å². The molecule has 0 spiro atoms.